The first kappa shape index (κ1) is 20.4. The van der Waals surface area contributed by atoms with Gasteiger partial charge in [0.1, 0.15) is 0 Å². The van der Waals surface area contributed by atoms with E-state index in [-0.39, 0.29) is 6.10 Å². The van der Waals surface area contributed by atoms with E-state index in [1.807, 2.05) is 18.2 Å². The molecule has 7 nitrogen and oxygen atoms in total. The molecular formula is C22H23N5O2S2. The van der Waals surface area contributed by atoms with Gasteiger partial charge in [0, 0.05) is 12.2 Å². The quantitative estimate of drug-likeness (QED) is 0.344. The molecule has 1 aliphatic rings. The predicted octanol–water partition coefficient (Wildman–Crippen LogP) is 5.09. The third kappa shape index (κ3) is 4.58. The lowest BCUT2D eigenvalue weighted by Crippen LogP contribution is -2.16. The molecule has 5 rings (SSSR count). The van der Waals surface area contributed by atoms with E-state index in [1.165, 1.54) is 5.56 Å². The Bertz CT molecular complexity index is 1120. The normalized spacial score (nSPS) is 16.2. The van der Waals surface area contributed by atoms with Crippen LogP contribution in [0.3, 0.4) is 0 Å². The Labute approximate surface area is 188 Å². The number of aromatic nitrogens is 5. The third-order valence-corrected chi connectivity index (χ3v) is 7.10. The first-order chi connectivity index (χ1) is 15.3. The molecule has 160 valence electrons. The number of nitrogens with zero attached hydrogens (tertiary/aromatic N) is 5. The molecule has 0 spiro atoms. The number of benzene rings is 1. The average Bonchev–Trinajstić information content (AvgIpc) is 3.61. The molecule has 1 atom stereocenters. The van der Waals surface area contributed by atoms with Crippen molar-refractivity contribution in [2.24, 2.45) is 0 Å². The fourth-order valence-electron chi connectivity index (χ4n) is 3.59. The van der Waals surface area contributed by atoms with Gasteiger partial charge >= 0.3 is 0 Å². The second-order valence-electron chi connectivity index (χ2n) is 7.38. The minimum atomic E-state index is 0.204. The summed E-state index contributed by atoms with van der Waals surface area (Å²) in [7, 11) is 0. The molecule has 1 aliphatic heterocycles. The van der Waals surface area contributed by atoms with Crippen molar-refractivity contribution in [3.63, 3.8) is 0 Å². The second-order valence-corrected chi connectivity index (χ2v) is 9.27. The molecule has 1 aromatic carbocycles. The zero-order valence-corrected chi connectivity index (χ0v) is 18.9. The lowest BCUT2D eigenvalue weighted by atomic mass is 10.1. The summed E-state index contributed by atoms with van der Waals surface area (Å²) in [5.41, 5.74) is 2.24. The number of rotatable bonds is 8. The highest BCUT2D eigenvalue weighted by molar-refractivity contribution is 7.98. The smallest absolute Gasteiger partial charge is 0.237 e. The van der Waals surface area contributed by atoms with Crippen LogP contribution >= 0.6 is 23.1 Å². The highest BCUT2D eigenvalue weighted by Gasteiger charge is 2.22. The molecule has 0 N–H and O–H groups in total. The van der Waals surface area contributed by atoms with Crippen LogP contribution in [-0.2, 0) is 23.5 Å². The van der Waals surface area contributed by atoms with E-state index in [0.717, 1.165) is 53.8 Å². The second kappa shape index (κ2) is 9.33. The summed E-state index contributed by atoms with van der Waals surface area (Å²) in [5.74, 6) is 2.60. The van der Waals surface area contributed by atoms with Crippen LogP contribution in [-0.4, -0.2) is 37.6 Å². The van der Waals surface area contributed by atoms with Gasteiger partial charge in [-0.05, 0) is 36.3 Å². The van der Waals surface area contributed by atoms with E-state index < -0.39 is 0 Å². The summed E-state index contributed by atoms with van der Waals surface area (Å²) in [4.78, 5) is 5.67. The number of thioether (sulfide) groups is 1. The van der Waals surface area contributed by atoms with Crippen LogP contribution in [0.4, 0.5) is 0 Å². The van der Waals surface area contributed by atoms with E-state index in [1.54, 1.807) is 23.1 Å². The van der Waals surface area contributed by atoms with Gasteiger partial charge in [0.25, 0.3) is 0 Å². The zero-order valence-electron chi connectivity index (χ0n) is 17.2. The molecule has 1 saturated heterocycles. The predicted molar refractivity (Wildman–Crippen MR) is 121 cm³/mol. The Hall–Kier alpha value is -2.49. The van der Waals surface area contributed by atoms with Crippen molar-refractivity contribution in [2.75, 3.05) is 6.61 Å². The molecule has 3 aromatic heterocycles. The maximum atomic E-state index is 5.86. The Morgan fingerprint density at radius 2 is 2.10 bits per heavy atom. The maximum Gasteiger partial charge on any atom is 0.237 e. The van der Waals surface area contributed by atoms with Crippen LogP contribution in [0.15, 0.2) is 51.5 Å². The van der Waals surface area contributed by atoms with Gasteiger partial charge in [0.05, 0.1) is 23.3 Å². The van der Waals surface area contributed by atoms with Crippen molar-refractivity contribution in [1.29, 1.82) is 0 Å². The highest BCUT2D eigenvalue weighted by Crippen LogP contribution is 2.30. The van der Waals surface area contributed by atoms with Gasteiger partial charge in [-0.15, -0.1) is 21.5 Å². The summed E-state index contributed by atoms with van der Waals surface area (Å²) < 4.78 is 13.5. The molecule has 1 unspecified atom stereocenters. The Morgan fingerprint density at radius 1 is 1.19 bits per heavy atom. The van der Waals surface area contributed by atoms with Crippen LogP contribution in [0.1, 0.15) is 31.2 Å². The zero-order chi connectivity index (χ0) is 21.0. The first-order valence-corrected chi connectivity index (χ1v) is 12.3. The molecule has 0 radical (unpaired) electrons. The fourth-order valence-corrected chi connectivity index (χ4v) is 5.09. The highest BCUT2D eigenvalue weighted by atomic mass is 32.2. The minimum absolute atomic E-state index is 0.204. The number of ether oxygens (including phenoxy) is 1. The van der Waals surface area contributed by atoms with E-state index >= 15 is 0 Å². The van der Waals surface area contributed by atoms with Crippen LogP contribution in [0.5, 0.6) is 0 Å². The van der Waals surface area contributed by atoms with Crippen molar-refractivity contribution in [2.45, 2.75) is 49.7 Å². The topological polar surface area (TPSA) is 78.9 Å². The molecule has 9 heteroatoms. The SMILES string of the molecule is CCc1ccc(-c2noc(CSc3nnc(-c4cccs4)n3CC3CCCO3)n2)cc1. The third-order valence-electron chi connectivity index (χ3n) is 5.28. The van der Waals surface area contributed by atoms with Gasteiger partial charge in [-0.25, -0.2) is 0 Å². The van der Waals surface area contributed by atoms with E-state index in [2.05, 4.69) is 55.4 Å². The van der Waals surface area contributed by atoms with Gasteiger partial charge in [-0.3, -0.25) is 4.57 Å². The van der Waals surface area contributed by atoms with Crippen molar-refractivity contribution >= 4 is 23.1 Å². The van der Waals surface area contributed by atoms with Crippen molar-refractivity contribution < 1.29 is 9.26 Å². The van der Waals surface area contributed by atoms with Crippen molar-refractivity contribution in [3.05, 3.63) is 53.2 Å². The molecule has 0 aliphatic carbocycles. The molecular weight excluding hydrogens is 430 g/mol. The van der Waals surface area contributed by atoms with Crippen LogP contribution in [0.2, 0.25) is 0 Å². The number of thiophene rings is 1. The number of aryl methyl sites for hydroxylation is 1. The molecule has 4 aromatic rings. The number of hydrogen-bond acceptors (Lipinski definition) is 8. The summed E-state index contributed by atoms with van der Waals surface area (Å²) in [6, 6.07) is 12.4. The summed E-state index contributed by atoms with van der Waals surface area (Å²) in [5, 5.41) is 16.0. The standard InChI is InChI=1S/C22H23N5O2S2/c1-2-15-7-9-16(10-8-15)20-23-19(29-26-20)14-31-22-25-24-21(18-6-4-12-30-18)27(22)13-17-5-3-11-28-17/h4,6-10,12,17H,2-3,5,11,13-14H2,1H3. The van der Waals surface area contributed by atoms with Crippen LogP contribution in [0.25, 0.3) is 22.1 Å². The lowest BCUT2D eigenvalue weighted by molar-refractivity contribution is 0.0953. The maximum absolute atomic E-state index is 5.86. The molecule has 31 heavy (non-hydrogen) atoms. The first-order valence-electron chi connectivity index (χ1n) is 10.4. The van der Waals surface area contributed by atoms with Crippen LogP contribution in [0, 0.1) is 0 Å². The fraction of sp³-hybridized carbons (Fsp3) is 0.364. The van der Waals surface area contributed by atoms with Crippen molar-refractivity contribution in [3.8, 4) is 22.1 Å². The Kier molecular flexibility index (Phi) is 6.15. The molecule has 0 bridgehead atoms. The Morgan fingerprint density at radius 3 is 2.84 bits per heavy atom. The minimum Gasteiger partial charge on any atom is -0.376 e. The number of hydrogen-bond donors (Lipinski definition) is 0. The van der Waals surface area contributed by atoms with Gasteiger partial charge in [-0.1, -0.05) is 54.2 Å². The summed E-state index contributed by atoms with van der Waals surface area (Å²) in [6.07, 6.45) is 3.38. The summed E-state index contributed by atoms with van der Waals surface area (Å²) in [6.45, 7) is 3.72. The van der Waals surface area contributed by atoms with Gasteiger partial charge < -0.3 is 9.26 Å². The largest absolute Gasteiger partial charge is 0.376 e. The summed E-state index contributed by atoms with van der Waals surface area (Å²) >= 11 is 3.22. The van der Waals surface area contributed by atoms with E-state index in [4.69, 9.17) is 9.26 Å². The Balaban J connectivity index is 1.32. The molecule has 4 heterocycles. The van der Waals surface area contributed by atoms with E-state index in [0.29, 0.717) is 17.5 Å². The van der Waals surface area contributed by atoms with Crippen molar-refractivity contribution in [1.82, 2.24) is 24.9 Å². The van der Waals surface area contributed by atoms with Gasteiger partial charge in [-0.2, -0.15) is 4.98 Å². The molecule has 1 fully saturated rings. The molecule has 0 saturated carbocycles. The van der Waals surface area contributed by atoms with E-state index in [9.17, 15) is 0 Å². The lowest BCUT2D eigenvalue weighted by Gasteiger charge is -2.13. The molecule has 0 amide bonds. The van der Waals surface area contributed by atoms with Gasteiger partial charge in [0.15, 0.2) is 11.0 Å². The van der Waals surface area contributed by atoms with Gasteiger partial charge in [0.2, 0.25) is 11.7 Å². The average molecular weight is 454 g/mol. The van der Waals surface area contributed by atoms with Crippen LogP contribution < -0.4 is 0 Å². The monoisotopic (exact) mass is 453 g/mol.